The number of pyridine rings is 1. The van der Waals surface area contributed by atoms with Gasteiger partial charge in [-0.1, -0.05) is 0 Å². The number of benzene rings is 1. The summed E-state index contributed by atoms with van der Waals surface area (Å²) in [7, 11) is 0. The first-order valence-corrected chi connectivity index (χ1v) is 16.8. The predicted octanol–water partition coefficient (Wildman–Crippen LogP) is 6.93. The summed E-state index contributed by atoms with van der Waals surface area (Å²) >= 11 is 4.89. The van der Waals surface area contributed by atoms with E-state index >= 15 is 4.39 Å². The molecular weight excluding hydrogens is 635 g/mol. The molecule has 7 rings (SSSR count). The van der Waals surface area contributed by atoms with Crippen LogP contribution in [0.2, 0.25) is 0 Å². The minimum atomic E-state index is -0.610. The van der Waals surface area contributed by atoms with Gasteiger partial charge in [-0.3, -0.25) is 0 Å². The van der Waals surface area contributed by atoms with E-state index in [4.69, 9.17) is 9.72 Å². The molecule has 0 spiro atoms. The third-order valence-corrected chi connectivity index (χ3v) is 10.5. The van der Waals surface area contributed by atoms with Crippen LogP contribution in [0.1, 0.15) is 70.3 Å². The minimum absolute atomic E-state index is 0.0649. The molecule has 12 heteroatoms. The van der Waals surface area contributed by atoms with Gasteiger partial charge in [0.15, 0.2) is 5.82 Å². The van der Waals surface area contributed by atoms with Crippen molar-refractivity contribution in [2.45, 2.75) is 82.1 Å². The summed E-state index contributed by atoms with van der Waals surface area (Å²) in [5.74, 6) is -0.263. The van der Waals surface area contributed by atoms with Gasteiger partial charge in [-0.05, 0) is 86.8 Å². The standard InChI is InChI=1S/C31H36BrFN6O3S/c1-16(37-11-7-10-35-29(37)40)21-14-20-27(39(21)26-18-13-22(26)38(15-18)30(41)42-31(2,3)4)19-12-17(8-6-9-34)23(32)24(33)25(19)36-28(20)43-5/h12,14,16,18,22,26H,6-8,10-11,13,15H2,1-5H3,(H,35,40)/t16-,18-,22-,26+/m1/s1. The largest absolute Gasteiger partial charge is 0.444 e. The number of fused-ring (bicyclic) bond motifs is 4. The molecule has 2 bridgehead atoms. The van der Waals surface area contributed by atoms with Crippen LogP contribution in [0.5, 0.6) is 0 Å². The van der Waals surface area contributed by atoms with Crippen molar-refractivity contribution in [3.63, 3.8) is 0 Å². The van der Waals surface area contributed by atoms with Crippen molar-refractivity contribution in [2.24, 2.45) is 5.92 Å². The number of thioether (sulfide) groups is 1. The number of hydrogen-bond acceptors (Lipinski definition) is 6. The molecule has 4 aliphatic rings. The molecule has 3 saturated heterocycles. The topological polar surface area (TPSA) is 103 Å². The number of nitriles is 1. The van der Waals surface area contributed by atoms with E-state index in [1.807, 2.05) is 49.8 Å². The Kier molecular flexibility index (Phi) is 7.78. The van der Waals surface area contributed by atoms with Gasteiger partial charge in [0.1, 0.15) is 16.1 Å². The Morgan fingerprint density at radius 2 is 2.12 bits per heavy atom. The molecule has 0 unspecified atom stereocenters. The van der Waals surface area contributed by atoms with Crippen LogP contribution in [0.25, 0.3) is 21.8 Å². The molecule has 1 aliphatic carbocycles. The molecule has 5 heterocycles. The van der Waals surface area contributed by atoms with Gasteiger partial charge < -0.3 is 24.4 Å². The fraction of sp³-hybridized carbons (Fsp3) is 0.548. The number of hydrogen-bond donors (Lipinski definition) is 1. The summed E-state index contributed by atoms with van der Waals surface area (Å²) < 4.78 is 24.4. The Morgan fingerprint density at radius 1 is 1.35 bits per heavy atom. The summed E-state index contributed by atoms with van der Waals surface area (Å²) in [5, 5.41) is 14.5. The van der Waals surface area contributed by atoms with Gasteiger partial charge in [0.25, 0.3) is 0 Å². The van der Waals surface area contributed by atoms with E-state index in [0.29, 0.717) is 46.5 Å². The zero-order chi connectivity index (χ0) is 30.8. The summed E-state index contributed by atoms with van der Waals surface area (Å²) in [6.07, 6.45) is 3.96. The summed E-state index contributed by atoms with van der Waals surface area (Å²) in [6, 6.07) is 5.68. The highest BCUT2D eigenvalue weighted by Crippen LogP contribution is 2.53. The molecule has 0 radical (unpaired) electrons. The lowest BCUT2D eigenvalue weighted by Gasteiger charge is -2.41. The second-order valence-electron chi connectivity index (χ2n) is 12.7. The monoisotopic (exact) mass is 670 g/mol. The highest BCUT2D eigenvalue weighted by atomic mass is 79.9. The number of nitrogens with zero attached hydrogens (tertiary/aromatic N) is 5. The van der Waals surface area contributed by atoms with Crippen molar-refractivity contribution in [3.05, 3.63) is 33.7 Å². The maximum Gasteiger partial charge on any atom is 0.410 e. The van der Waals surface area contributed by atoms with Gasteiger partial charge in [-0.25, -0.2) is 19.0 Å². The highest BCUT2D eigenvalue weighted by molar-refractivity contribution is 9.10. The van der Waals surface area contributed by atoms with Crippen molar-refractivity contribution in [1.82, 2.24) is 24.7 Å². The van der Waals surface area contributed by atoms with Gasteiger partial charge >= 0.3 is 12.1 Å². The molecule has 43 heavy (non-hydrogen) atoms. The Morgan fingerprint density at radius 3 is 2.79 bits per heavy atom. The predicted molar refractivity (Wildman–Crippen MR) is 168 cm³/mol. The number of nitrogens with one attached hydrogen (secondary N) is 1. The Balaban J connectivity index is 1.59. The summed E-state index contributed by atoms with van der Waals surface area (Å²) in [5.41, 5.74) is 2.14. The molecule has 3 amide bonds. The Hall–Kier alpha value is -3.04. The molecule has 9 nitrogen and oxygen atoms in total. The van der Waals surface area contributed by atoms with Crippen LogP contribution in [0, 0.1) is 23.1 Å². The molecule has 4 atom stereocenters. The number of carbonyl (C=O) groups excluding carboxylic acids is 2. The van der Waals surface area contributed by atoms with Gasteiger partial charge in [-0.2, -0.15) is 5.26 Å². The SMILES string of the molecule is CSc1nc2c(F)c(Br)c(CCC#N)cc2c2c1cc([C@@H](C)N1CCCNC1=O)n2[C@H]1[C@@H]2C[C@H]1N(C(=O)OC(C)(C)C)C2. The minimum Gasteiger partial charge on any atom is -0.444 e. The number of urea groups is 1. The summed E-state index contributed by atoms with van der Waals surface area (Å²) in [6.45, 7) is 9.49. The van der Waals surface area contributed by atoms with Gasteiger partial charge in [-0.15, -0.1) is 11.8 Å². The number of aryl methyl sites for hydroxylation is 1. The van der Waals surface area contributed by atoms with Crippen molar-refractivity contribution in [1.29, 1.82) is 5.26 Å². The average molecular weight is 672 g/mol. The van der Waals surface area contributed by atoms with Crippen LogP contribution < -0.4 is 5.32 Å². The van der Waals surface area contributed by atoms with E-state index in [9.17, 15) is 14.9 Å². The van der Waals surface area contributed by atoms with Gasteiger partial charge in [0.2, 0.25) is 0 Å². The maximum absolute atomic E-state index is 16.0. The van der Waals surface area contributed by atoms with Crippen LogP contribution in [0.3, 0.4) is 0 Å². The third-order valence-electron chi connectivity index (χ3n) is 8.91. The molecule has 2 aromatic heterocycles. The molecule has 1 N–H and O–H groups in total. The fourth-order valence-electron chi connectivity index (χ4n) is 6.95. The smallest absolute Gasteiger partial charge is 0.410 e. The lowest BCUT2D eigenvalue weighted by atomic mass is 9.79. The number of halogens is 2. The lowest BCUT2D eigenvalue weighted by Crippen LogP contribution is -2.48. The zero-order valence-electron chi connectivity index (χ0n) is 25.0. The van der Waals surface area contributed by atoms with Crippen molar-refractivity contribution in [3.8, 4) is 6.07 Å². The van der Waals surface area contributed by atoms with E-state index < -0.39 is 11.4 Å². The molecule has 1 aromatic carbocycles. The quantitative estimate of drug-likeness (QED) is 0.286. The van der Waals surface area contributed by atoms with E-state index in [-0.39, 0.29) is 48.1 Å². The number of amides is 3. The number of ether oxygens (including phenoxy) is 1. The van der Waals surface area contributed by atoms with Gasteiger partial charge in [0.05, 0.1) is 34.2 Å². The first-order chi connectivity index (χ1) is 20.4. The van der Waals surface area contributed by atoms with Gasteiger partial charge in [0, 0.05) is 48.4 Å². The third kappa shape index (κ3) is 5.02. The molecule has 3 aromatic rings. The Bertz CT molecular complexity index is 1680. The Labute approximate surface area is 263 Å². The van der Waals surface area contributed by atoms with Crippen LogP contribution in [0.4, 0.5) is 14.0 Å². The van der Waals surface area contributed by atoms with E-state index in [2.05, 4.69) is 37.9 Å². The molecule has 1 saturated carbocycles. The van der Waals surface area contributed by atoms with Crippen molar-refractivity contribution < 1.29 is 18.7 Å². The average Bonchev–Trinajstić information content (AvgIpc) is 3.66. The molecule has 3 aliphatic heterocycles. The van der Waals surface area contributed by atoms with Crippen LogP contribution in [-0.2, 0) is 11.2 Å². The first kappa shape index (κ1) is 30.0. The number of rotatable bonds is 6. The lowest BCUT2D eigenvalue weighted by molar-refractivity contribution is 0.0208. The first-order valence-electron chi connectivity index (χ1n) is 14.8. The van der Waals surface area contributed by atoms with Crippen LogP contribution in [0.15, 0.2) is 21.6 Å². The normalized spacial score (nSPS) is 22.5. The second kappa shape index (κ2) is 11.1. The van der Waals surface area contributed by atoms with E-state index in [0.717, 1.165) is 29.4 Å². The highest BCUT2D eigenvalue weighted by Gasteiger charge is 2.56. The number of carbonyl (C=O) groups is 2. The molecule has 228 valence electrons. The van der Waals surface area contributed by atoms with Crippen LogP contribution >= 0.6 is 27.7 Å². The molecule has 4 fully saturated rings. The van der Waals surface area contributed by atoms with Crippen LogP contribution in [-0.4, -0.2) is 69.0 Å². The summed E-state index contributed by atoms with van der Waals surface area (Å²) in [4.78, 5) is 34.7. The van der Waals surface area contributed by atoms with Crippen molar-refractivity contribution >= 4 is 61.6 Å². The maximum atomic E-state index is 16.0. The second-order valence-corrected chi connectivity index (χ2v) is 14.3. The fourth-order valence-corrected chi connectivity index (χ4v) is 8.01. The van der Waals surface area contributed by atoms with Crippen molar-refractivity contribution in [2.75, 3.05) is 25.9 Å². The molecular formula is C31H36BrFN6O3S. The van der Waals surface area contributed by atoms with E-state index in [1.165, 1.54) is 11.8 Å². The number of aromatic nitrogens is 2. The zero-order valence-corrected chi connectivity index (χ0v) is 27.4. The van der Waals surface area contributed by atoms with E-state index in [1.54, 1.807) is 0 Å².